The third-order valence-corrected chi connectivity index (χ3v) is 4.00. The Morgan fingerprint density at radius 2 is 2.54 bits per heavy atom. The Balaban J connectivity index is 2.25. The van der Waals surface area contributed by atoms with Gasteiger partial charge in [0.05, 0.1) is 0 Å². The lowest BCUT2D eigenvalue weighted by Gasteiger charge is -2.22. The van der Waals surface area contributed by atoms with Crippen LogP contribution in [0.3, 0.4) is 0 Å². The molecule has 2 nitrogen and oxygen atoms in total. The van der Waals surface area contributed by atoms with Crippen LogP contribution in [0.1, 0.15) is 22.4 Å². The molecule has 0 bridgehead atoms. The average Bonchev–Trinajstić information content (AvgIpc) is 2.59. The molecule has 1 unspecified atom stereocenters. The molecule has 1 aromatic rings. The van der Waals surface area contributed by atoms with E-state index in [4.69, 9.17) is 5.73 Å². The van der Waals surface area contributed by atoms with Gasteiger partial charge in [-0.3, -0.25) is 0 Å². The molecule has 0 amide bonds. The molecule has 1 heterocycles. The first-order valence-corrected chi connectivity index (χ1v) is 5.68. The molecule has 1 aliphatic rings. The van der Waals surface area contributed by atoms with Crippen LogP contribution >= 0.6 is 11.3 Å². The second-order valence-electron chi connectivity index (χ2n) is 3.60. The van der Waals surface area contributed by atoms with Gasteiger partial charge < -0.3 is 11.1 Å². The van der Waals surface area contributed by atoms with Gasteiger partial charge in [-0.15, -0.1) is 11.3 Å². The normalized spacial score (nSPS) is 21.5. The van der Waals surface area contributed by atoms with Crippen molar-refractivity contribution in [3.8, 4) is 0 Å². The lowest BCUT2D eigenvalue weighted by atomic mass is 9.92. The molecule has 0 saturated carbocycles. The number of fused-ring (bicyclic) bond motifs is 1. The van der Waals surface area contributed by atoms with Crippen LogP contribution in [0, 0.1) is 0 Å². The molecule has 72 valence electrons. The fourth-order valence-corrected chi connectivity index (χ4v) is 3.11. The zero-order valence-corrected chi connectivity index (χ0v) is 8.79. The molecule has 13 heavy (non-hydrogen) atoms. The molecule has 0 fully saturated rings. The number of nitrogens with two attached hydrogens (primary N) is 1. The maximum Gasteiger partial charge on any atom is 0.0189 e. The fourth-order valence-electron chi connectivity index (χ4n) is 1.99. The number of thiophene rings is 1. The first kappa shape index (κ1) is 9.19. The van der Waals surface area contributed by atoms with E-state index >= 15 is 0 Å². The van der Waals surface area contributed by atoms with Crippen molar-refractivity contribution in [3.05, 3.63) is 21.4 Å². The van der Waals surface area contributed by atoms with Gasteiger partial charge in [-0.25, -0.2) is 0 Å². The van der Waals surface area contributed by atoms with E-state index in [9.17, 15) is 0 Å². The fraction of sp³-hybridized carbons (Fsp3) is 0.600. The summed E-state index contributed by atoms with van der Waals surface area (Å²) in [7, 11) is 2.05. The summed E-state index contributed by atoms with van der Waals surface area (Å²) in [6.07, 6.45) is 3.67. The Morgan fingerprint density at radius 3 is 3.23 bits per heavy atom. The Hall–Kier alpha value is -0.380. The van der Waals surface area contributed by atoms with Crippen molar-refractivity contribution >= 4 is 11.3 Å². The van der Waals surface area contributed by atoms with Gasteiger partial charge in [0.25, 0.3) is 0 Å². The summed E-state index contributed by atoms with van der Waals surface area (Å²) in [5.74, 6) is 0. The topological polar surface area (TPSA) is 38.0 Å². The van der Waals surface area contributed by atoms with Gasteiger partial charge in [-0.1, -0.05) is 0 Å². The molecule has 1 aromatic heterocycles. The van der Waals surface area contributed by atoms with Gasteiger partial charge >= 0.3 is 0 Å². The number of nitrogens with one attached hydrogen (secondary N) is 1. The van der Waals surface area contributed by atoms with Crippen LogP contribution in [0.5, 0.6) is 0 Å². The lowest BCUT2D eigenvalue weighted by Crippen LogP contribution is -2.31. The first-order valence-electron chi connectivity index (χ1n) is 4.80. The van der Waals surface area contributed by atoms with Gasteiger partial charge in [-0.05, 0) is 42.8 Å². The highest BCUT2D eigenvalue weighted by molar-refractivity contribution is 7.10. The summed E-state index contributed by atoms with van der Waals surface area (Å²) >= 11 is 1.88. The van der Waals surface area contributed by atoms with Gasteiger partial charge in [0.2, 0.25) is 0 Å². The predicted molar refractivity (Wildman–Crippen MR) is 57.1 cm³/mol. The van der Waals surface area contributed by atoms with E-state index in [0.717, 1.165) is 0 Å². The molecule has 0 saturated heterocycles. The predicted octanol–water partition coefficient (Wildman–Crippen LogP) is 1.28. The standard InChI is InChI=1S/C10H16N2S/c1-12-8-2-3-10-9(4-8)7(5-11)6-13-10/h6,8,12H,2-5,11H2,1H3. The molecule has 3 heteroatoms. The second-order valence-corrected chi connectivity index (χ2v) is 4.56. The maximum atomic E-state index is 5.69. The van der Waals surface area contributed by atoms with Crippen LogP contribution in [-0.2, 0) is 19.4 Å². The monoisotopic (exact) mass is 196 g/mol. The van der Waals surface area contributed by atoms with Crippen molar-refractivity contribution in [2.24, 2.45) is 5.73 Å². The molecule has 0 spiro atoms. The Kier molecular flexibility index (Phi) is 2.67. The first-order chi connectivity index (χ1) is 6.35. The summed E-state index contributed by atoms with van der Waals surface area (Å²) in [6, 6.07) is 0.660. The molecular formula is C10H16N2S. The smallest absolute Gasteiger partial charge is 0.0189 e. The van der Waals surface area contributed by atoms with Crippen molar-refractivity contribution in [1.29, 1.82) is 0 Å². The van der Waals surface area contributed by atoms with Crippen LogP contribution < -0.4 is 11.1 Å². The molecule has 1 aliphatic carbocycles. The largest absolute Gasteiger partial charge is 0.326 e. The Morgan fingerprint density at radius 1 is 1.69 bits per heavy atom. The highest BCUT2D eigenvalue weighted by Crippen LogP contribution is 2.29. The van der Waals surface area contributed by atoms with Gasteiger partial charge in [0, 0.05) is 17.5 Å². The minimum absolute atomic E-state index is 0.660. The molecule has 3 N–H and O–H groups in total. The SMILES string of the molecule is CNC1CCc2scc(CN)c2C1. The molecule has 2 rings (SSSR count). The van der Waals surface area contributed by atoms with Crippen molar-refractivity contribution < 1.29 is 0 Å². The van der Waals surface area contributed by atoms with Gasteiger partial charge in [0.1, 0.15) is 0 Å². The quantitative estimate of drug-likeness (QED) is 0.748. The third kappa shape index (κ3) is 1.64. The molecule has 1 atom stereocenters. The maximum absolute atomic E-state index is 5.69. The van der Waals surface area contributed by atoms with Crippen LogP contribution in [0.15, 0.2) is 5.38 Å². The number of aryl methyl sites for hydroxylation is 1. The summed E-state index contributed by atoms with van der Waals surface area (Å²) < 4.78 is 0. The van der Waals surface area contributed by atoms with Crippen LogP contribution in [0.2, 0.25) is 0 Å². The number of hydrogen-bond acceptors (Lipinski definition) is 3. The molecule has 0 aliphatic heterocycles. The van der Waals surface area contributed by atoms with Crippen molar-refractivity contribution in [2.75, 3.05) is 7.05 Å². The molecule has 0 radical (unpaired) electrons. The lowest BCUT2D eigenvalue weighted by molar-refractivity contribution is 0.498. The van der Waals surface area contributed by atoms with E-state index in [-0.39, 0.29) is 0 Å². The van der Waals surface area contributed by atoms with E-state index in [1.54, 1.807) is 4.88 Å². The summed E-state index contributed by atoms with van der Waals surface area (Å²) in [5.41, 5.74) is 8.58. The Labute approximate surface area is 83.1 Å². The third-order valence-electron chi connectivity index (χ3n) is 2.87. The summed E-state index contributed by atoms with van der Waals surface area (Å²) in [4.78, 5) is 1.56. The van der Waals surface area contributed by atoms with Gasteiger partial charge in [0.15, 0.2) is 0 Å². The summed E-state index contributed by atoms with van der Waals surface area (Å²) in [6.45, 7) is 0.697. The van der Waals surface area contributed by atoms with E-state index < -0.39 is 0 Å². The van der Waals surface area contributed by atoms with Crippen LogP contribution in [0.25, 0.3) is 0 Å². The van der Waals surface area contributed by atoms with Crippen LogP contribution in [0.4, 0.5) is 0 Å². The minimum Gasteiger partial charge on any atom is -0.326 e. The van der Waals surface area contributed by atoms with E-state index in [2.05, 4.69) is 10.7 Å². The van der Waals surface area contributed by atoms with E-state index in [1.807, 2.05) is 18.4 Å². The zero-order valence-electron chi connectivity index (χ0n) is 7.97. The molecule has 0 aromatic carbocycles. The van der Waals surface area contributed by atoms with Gasteiger partial charge in [-0.2, -0.15) is 0 Å². The number of rotatable bonds is 2. The highest BCUT2D eigenvalue weighted by Gasteiger charge is 2.20. The van der Waals surface area contributed by atoms with Crippen LogP contribution in [-0.4, -0.2) is 13.1 Å². The van der Waals surface area contributed by atoms with Crippen molar-refractivity contribution in [1.82, 2.24) is 5.32 Å². The zero-order chi connectivity index (χ0) is 9.26. The average molecular weight is 196 g/mol. The summed E-state index contributed by atoms with van der Waals surface area (Å²) in [5, 5.41) is 5.57. The van der Waals surface area contributed by atoms with Crippen molar-refractivity contribution in [3.63, 3.8) is 0 Å². The number of likely N-dealkylation sites (N-methyl/N-ethyl adjacent to an activating group) is 1. The molecular weight excluding hydrogens is 180 g/mol. The van der Waals surface area contributed by atoms with E-state index in [1.165, 1.54) is 30.4 Å². The number of hydrogen-bond donors (Lipinski definition) is 2. The van der Waals surface area contributed by atoms with Crippen molar-refractivity contribution in [2.45, 2.75) is 31.8 Å². The Bertz CT molecular complexity index is 280. The second kappa shape index (κ2) is 3.78. The highest BCUT2D eigenvalue weighted by atomic mass is 32.1. The minimum atomic E-state index is 0.660. The van der Waals surface area contributed by atoms with E-state index in [0.29, 0.717) is 12.6 Å².